The summed E-state index contributed by atoms with van der Waals surface area (Å²) >= 11 is 9.26. The van der Waals surface area contributed by atoms with Gasteiger partial charge in [0, 0.05) is 5.02 Å². The molecule has 0 saturated carbocycles. The maximum atomic E-state index is 12.7. The molecule has 1 aliphatic carbocycles. The van der Waals surface area contributed by atoms with Crippen molar-refractivity contribution in [1.82, 2.24) is 0 Å². The van der Waals surface area contributed by atoms with Gasteiger partial charge in [-0.2, -0.15) is 0 Å². The van der Waals surface area contributed by atoms with E-state index in [9.17, 15) is 13.2 Å². The SMILES string of the molecule is CC1=C(CS(=O)(=O)c2cccc(Cl)c2)C(C)(C)CC(Br)C1=O. The number of carbonyl (C=O) groups is 1. The number of benzene rings is 1. The fourth-order valence-corrected chi connectivity index (χ4v) is 5.95. The molecule has 1 aromatic rings. The van der Waals surface area contributed by atoms with Gasteiger partial charge in [0.05, 0.1) is 15.5 Å². The molecule has 22 heavy (non-hydrogen) atoms. The molecule has 0 saturated heterocycles. The Bertz CT molecular complexity index is 750. The summed E-state index contributed by atoms with van der Waals surface area (Å²) in [7, 11) is -3.54. The molecule has 0 amide bonds. The van der Waals surface area contributed by atoms with Gasteiger partial charge in [0.25, 0.3) is 0 Å². The summed E-state index contributed by atoms with van der Waals surface area (Å²) in [5.41, 5.74) is 0.884. The van der Waals surface area contributed by atoms with Gasteiger partial charge in [0.15, 0.2) is 15.6 Å². The van der Waals surface area contributed by atoms with Crippen molar-refractivity contribution in [3.8, 4) is 0 Å². The standard InChI is InChI=1S/C16H18BrClO3S/c1-10-13(16(2,3)8-14(17)15(10)19)9-22(20,21)12-6-4-5-11(18)7-12/h4-7,14H,8-9H2,1-3H3. The number of hydrogen-bond donors (Lipinski definition) is 0. The minimum Gasteiger partial charge on any atom is -0.293 e. The molecule has 2 rings (SSSR count). The van der Waals surface area contributed by atoms with E-state index in [0.29, 0.717) is 22.6 Å². The van der Waals surface area contributed by atoms with Gasteiger partial charge in [-0.15, -0.1) is 0 Å². The summed E-state index contributed by atoms with van der Waals surface area (Å²) < 4.78 is 25.3. The molecule has 0 bridgehead atoms. The first-order chi connectivity index (χ1) is 10.0. The van der Waals surface area contributed by atoms with E-state index in [1.165, 1.54) is 12.1 Å². The van der Waals surface area contributed by atoms with Crippen LogP contribution in [0.15, 0.2) is 40.3 Å². The summed E-state index contributed by atoms with van der Waals surface area (Å²) in [5, 5.41) is 0.381. The van der Waals surface area contributed by atoms with Crippen molar-refractivity contribution in [2.75, 3.05) is 5.75 Å². The van der Waals surface area contributed by atoms with Crippen LogP contribution in [0.1, 0.15) is 27.2 Å². The first kappa shape index (κ1) is 17.7. The third kappa shape index (κ3) is 3.47. The van der Waals surface area contributed by atoms with E-state index in [1.54, 1.807) is 19.1 Å². The van der Waals surface area contributed by atoms with Gasteiger partial charge in [0.2, 0.25) is 0 Å². The van der Waals surface area contributed by atoms with E-state index < -0.39 is 9.84 Å². The molecule has 1 atom stereocenters. The Balaban J connectivity index is 2.46. The van der Waals surface area contributed by atoms with E-state index >= 15 is 0 Å². The lowest BCUT2D eigenvalue weighted by Crippen LogP contribution is -2.35. The van der Waals surface area contributed by atoms with Gasteiger partial charge in [-0.05, 0) is 48.1 Å². The number of ketones is 1. The lowest BCUT2D eigenvalue weighted by atomic mass is 9.73. The van der Waals surface area contributed by atoms with Gasteiger partial charge in [-0.1, -0.05) is 47.4 Å². The maximum absolute atomic E-state index is 12.7. The van der Waals surface area contributed by atoms with Gasteiger partial charge in [-0.3, -0.25) is 4.79 Å². The highest BCUT2D eigenvalue weighted by molar-refractivity contribution is 9.10. The number of rotatable bonds is 3. The van der Waals surface area contributed by atoms with Crippen molar-refractivity contribution in [3.05, 3.63) is 40.4 Å². The van der Waals surface area contributed by atoms with Gasteiger partial charge in [-0.25, -0.2) is 8.42 Å². The van der Waals surface area contributed by atoms with Crippen LogP contribution in [0.5, 0.6) is 0 Å². The Morgan fingerprint density at radius 2 is 2.00 bits per heavy atom. The Morgan fingerprint density at radius 3 is 2.59 bits per heavy atom. The number of alkyl halides is 1. The smallest absolute Gasteiger partial charge is 0.182 e. The van der Waals surface area contributed by atoms with Crippen LogP contribution >= 0.6 is 27.5 Å². The summed E-state index contributed by atoms with van der Waals surface area (Å²) in [6.45, 7) is 5.65. The second-order valence-corrected chi connectivity index (χ2v) is 9.77. The van der Waals surface area contributed by atoms with Crippen LogP contribution in [0.25, 0.3) is 0 Å². The minimum absolute atomic E-state index is 0.0318. The maximum Gasteiger partial charge on any atom is 0.182 e. The highest BCUT2D eigenvalue weighted by Crippen LogP contribution is 2.42. The fourth-order valence-electron chi connectivity index (χ4n) is 2.79. The number of allylic oxidation sites excluding steroid dienone is 1. The number of hydrogen-bond acceptors (Lipinski definition) is 3. The predicted octanol–water partition coefficient (Wildman–Crippen LogP) is 4.19. The van der Waals surface area contributed by atoms with E-state index in [2.05, 4.69) is 15.9 Å². The first-order valence-electron chi connectivity index (χ1n) is 6.91. The Labute approximate surface area is 144 Å². The van der Waals surface area contributed by atoms with E-state index in [4.69, 9.17) is 11.6 Å². The molecule has 0 fully saturated rings. The molecule has 0 heterocycles. The Kier molecular flexibility index (Phi) is 4.91. The number of sulfone groups is 1. The van der Waals surface area contributed by atoms with Crippen LogP contribution in [0.2, 0.25) is 5.02 Å². The molecule has 0 aromatic heterocycles. The number of carbonyl (C=O) groups excluding carboxylic acids is 1. The summed E-state index contributed by atoms with van der Waals surface area (Å²) in [4.78, 5) is 12.1. The molecule has 1 unspecified atom stereocenters. The largest absolute Gasteiger partial charge is 0.293 e. The molecular weight excluding hydrogens is 388 g/mol. The van der Waals surface area contributed by atoms with Gasteiger partial charge >= 0.3 is 0 Å². The fraction of sp³-hybridized carbons (Fsp3) is 0.438. The monoisotopic (exact) mass is 404 g/mol. The normalized spacial score (nSPS) is 22.0. The third-order valence-corrected chi connectivity index (χ3v) is 6.72. The first-order valence-corrected chi connectivity index (χ1v) is 9.86. The van der Waals surface area contributed by atoms with Crippen LogP contribution in [-0.2, 0) is 14.6 Å². The van der Waals surface area contributed by atoms with Crippen molar-refractivity contribution in [2.24, 2.45) is 5.41 Å². The third-order valence-electron chi connectivity index (χ3n) is 4.10. The zero-order valence-corrected chi connectivity index (χ0v) is 15.8. The van der Waals surface area contributed by atoms with Crippen molar-refractivity contribution in [2.45, 2.75) is 36.9 Å². The quantitative estimate of drug-likeness (QED) is 0.708. The van der Waals surface area contributed by atoms with Gasteiger partial charge in [0.1, 0.15) is 0 Å². The summed E-state index contributed by atoms with van der Waals surface area (Å²) in [5.74, 6) is -0.187. The molecule has 0 N–H and O–H groups in total. The second kappa shape index (κ2) is 6.10. The molecule has 0 aliphatic heterocycles. The molecule has 0 spiro atoms. The lowest BCUT2D eigenvalue weighted by molar-refractivity contribution is -0.116. The number of Topliss-reactive ketones (excluding diaryl/α,β-unsaturated/α-hetero) is 1. The predicted molar refractivity (Wildman–Crippen MR) is 92.3 cm³/mol. The van der Waals surface area contributed by atoms with Crippen LogP contribution in [-0.4, -0.2) is 24.8 Å². The Morgan fingerprint density at radius 1 is 1.36 bits per heavy atom. The summed E-state index contributed by atoms with van der Waals surface area (Å²) in [6, 6.07) is 6.22. The minimum atomic E-state index is -3.54. The second-order valence-electron chi connectivity index (χ2n) is 6.24. The molecular formula is C16H18BrClO3S. The average Bonchev–Trinajstić information content (AvgIpc) is 2.41. The van der Waals surface area contributed by atoms with Crippen LogP contribution < -0.4 is 0 Å². The van der Waals surface area contributed by atoms with Crippen molar-refractivity contribution >= 4 is 43.2 Å². The molecule has 3 nitrogen and oxygen atoms in total. The van der Waals surface area contributed by atoms with Crippen LogP contribution in [0.3, 0.4) is 0 Å². The van der Waals surface area contributed by atoms with Crippen LogP contribution in [0, 0.1) is 5.41 Å². The topological polar surface area (TPSA) is 51.2 Å². The molecule has 1 aliphatic rings. The van der Waals surface area contributed by atoms with E-state index in [-0.39, 0.29) is 26.7 Å². The molecule has 120 valence electrons. The zero-order valence-electron chi connectivity index (χ0n) is 12.7. The highest BCUT2D eigenvalue weighted by atomic mass is 79.9. The lowest BCUT2D eigenvalue weighted by Gasteiger charge is -2.36. The highest BCUT2D eigenvalue weighted by Gasteiger charge is 2.39. The van der Waals surface area contributed by atoms with Crippen molar-refractivity contribution in [1.29, 1.82) is 0 Å². The Hall–Kier alpha value is -0.650. The number of halogens is 2. The van der Waals surface area contributed by atoms with Crippen molar-refractivity contribution < 1.29 is 13.2 Å². The van der Waals surface area contributed by atoms with Crippen LogP contribution in [0.4, 0.5) is 0 Å². The summed E-state index contributed by atoms with van der Waals surface area (Å²) in [6.07, 6.45) is 0.587. The van der Waals surface area contributed by atoms with E-state index in [1.807, 2.05) is 13.8 Å². The van der Waals surface area contributed by atoms with Crippen molar-refractivity contribution in [3.63, 3.8) is 0 Å². The molecule has 6 heteroatoms. The molecule has 0 radical (unpaired) electrons. The molecule has 1 aromatic carbocycles. The zero-order chi connectivity index (χ0) is 16.7. The van der Waals surface area contributed by atoms with Gasteiger partial charge < -0.3 is 0 Å². The van der Waals surface area contributed by atoms with E-state index in [0.717, 1.165) is 0 Å². The average molecular weight is 406 g/mol.